The highest BCUT2D eigenvalue weighted by atomic mass is 32.2. The van der Waals surface area contributed by atoms with Crippen LogP contribution in [-0.2, 0) is 20.5 Å². The van der Waals surface area contributed by atoms with Crippen LogP contribution in [0.1, 0.15) is 58.0 Å². The highest BCUT2D eigenvalue weighted by molar-refractivity contribution is 7.88. The van der Waals surface area contributed by atoms with Crippen LogP contribution in [0, 0.1) is 6.92 Å². The van der Waals surface area contributed by atoms with Crippen LogP contribution in [0.25, 0.3) is 0 Å². The second kappa shape index (κ2) is 10.1. The molecule has 1 aliphatic rings. The van der Waals surface area contributed by atoms with Crippen LogP contribution in [0.5, 0.6) is 0 Å². The summed E-state index contributed by atoms with van der Waals surface area (Å²) in [5.41, 5.74) is 2.83. The molecule has 0 radical (unpaired) electrons. The first-order chi connectivity index (χ1) is 14.8. The van der Waals surface area contributed by atoms with E-state index in [-0.39, 0.29) is 11.7 Å². The molecule has 0 unspecified atom stereocenters. The van der Waals surface area contributed by atoms with Gasteiger partial charge in [-0.1, -0.05) is 18.6 Å². The molecular weight excluding hydrogens is 416 g/mol. The Hall–Kier alpha value is -2.71. The molecule has 0 spiro atoms. The van der Waals surface area contributed by atoms with E-state index in [1.165, 1.54) is 0 Å². The van der Waals surface area contributed by atoms with Gasteiger partial charge in [0.05, 0.1) is 17.9 Å². The Kier molecular flexibility index (Phi) is 7.46. The number of benzene rings is 2. The van der Waals surface area contributed by atoms with Gasteiger partial charge in [0.15, 0.2) is 0 Å². The van der Waals surface area contributed by atoms with Crippen LogP contribution in [0.4, 0.5) is 5.69 Å². The Balaban J connectivity index is 1.64. The quantitative estimate of drug-likeness (QED) is 0.657. The number of hydrogen-bond donors (Lipinski definition) is 1. The largest absolute Gasteiger partial charge is 0.462 e. The fourth-order valence-corrected chi connectivity index (χ4v) is 5.15. The Morgan fingerprint density at radius 1 is 1.00 bits per heavy atom. The summed E-state index contributed by atoms with van der Waals surface area (Å²) in [5, 5.41) is 2.83. The van der Waals surface area contributed by atoms with Gasteiger partial charge in [0.25, 0.3) is 5.91 Å². The lowest BCUT2D eigenvalue weighted by atomic mass is 10.1. The number of nitrogens with one attached hydrogen (secondary N) is 1. The van der Waals surface area contributed by atoms with Gasteiger partial charge in [0.1, 0.15) is 0 Å². The number of esters is 1. The number of amides is 1. The second-order valence-corrected chi connectivity index (χ2v) is 9.59. The van der Waals surface area contributed by atoms with Crippen LogP contribution < -0.4 is 5.32 Å². The third-order valence-electron chi connectivity index (χ3n) is 5.26. The minimum atomic E-state index is -3.34. The van der Waals surface area contributed by atoms with Crippen molar-refractivity contribution in [3.63, 3.8) is 0 Å². The highest BCUT2D eigenvalue weighted by Crippen LogP contribution is 2.20. The minimum Gasteiger partial charge on any atom is -0.462 e. The zero-order valence-electron chi connectivity index (χ0n) is 17.9. The lowest BCUT2D eigenvalue weighted by molar-refractivity contribution is 0.0526. The summed E-state index contributed by atoms with van der Waals surface area (Å²) in [6, 6.07) is 11.5. The molecule has 7 nitrogen and oxygen atoms in total. The summed E-state index contributed by atoms with van der Waals surface area (Å²) in [4.78, 5) is 24.4. The van der Waals surface area contributed by atoms with Gasteiger partial charge in [-0.3, -0.25) is 4.79 Å². The maximum absolute atomic E-state index is 12.6. The van der Waals surface area contributed by atoms with Crippen molar-refractivity contribution >= 4 is 27.6 Å². The van der Waals surface area contributed by atoms with Gasteiger partial charge in [-0.05, 0) is 68.1 Å². The molecule has 0 aliphatic carbocycles. The topological polar surface area (TPSA) is 92.8 Å². The highest BCUT2D eigenvalue weighted by Gasteiger charge is 2.24. The maximum atomic E-state index is 12.6. The van der Waals surface area contributed by atoms with Crippen LogP contribution in [0.3, 0.4) is 0 Å². The number of ether oxygens (including phenoxy) is 1. The summed E-state index contributed by atoms with van der Waals surface area (Å²) >= 11 is 0. The van der Waals surface area contributed by atoms with Crippen LogP contribution >= 0.6 is 0 Å². The Morgan fingerprint density at radius 3 is 2.26 bits per heavy atom. The van der Waals surface area contributed by atoms with Gasteiger partial charge in [0.2, 0.25) is 10.0 Å². The number of sulfonamides is 1. The van der Waals surface area contributed by atoms with Gasteiger partial charge in [-0.2, -0.15) is 0 Å². The SMILES string of the molecule is CCOC(=O)c1ccc(NC(=O)c2ccc(CS(=O)(=O)N3CCCCC3)cc2)c(C)c1. The number of carbonyl (C=O) groups is 2. The minimum absolute atomic E-state index is 0.0661. The molecule has 1 fully saturated rings. The number of hydrogen-bond acceptors (Lipinski definition) is 5. The van der Waals surface area contributed by atoms with Crippen LogP contribution in [0.2, 0.25) is 0 Å². The number of piperidine rings is 1. The smallest absolute Gasteiger partial charge is 0.338 e. The number of aryl methyl sites for hydroxylation is 1. The third kappa shape index (κ3) is 5.92. The van der Waals surface area contributed by atoms with Crippen molar-refractivity contribution < 1.29 is 22.7 Å². The number of nitrogens with zero attached hydrogens (tertiary/aromatic N) is 1. The van der Waals surface area contributed by atoms with Gasteiger partial charge < -0.3 is 10.1 Å². The summed E-state index contributed by atoms with van der Waals surface area (Å²) in [7, 11) is -3.34. The van der Waals surface area contributed by atoms with E-state index < -0.39 is 16.0 Å². The zero-order chi connectivity index (χ0) is 22.4. The summed E-state index contributed by atoms with van der Waals surface area (Å²) in [6.45, 7) is 5.00. The molecule has 1 amide bonds. The van der Waals surface area contributed by atoms with Gasteiger partial charge in [-0.15, -0.1) is 0 Å². The molecule has 0 aromatic heterocycles. The average molecular weight is 445 g/mol. The predicted molar refractivity (Wildman–Crippen MR) is 120 cm³/mol. The third-order valence-corrected chi connectivity index (χ3v) is 7.11. The van der Waals surface area contributed by atoms with E-state index in [4.69, 9.17) is 4.74 Å². The second-order valence-electron chi connectivity index (χ2n) is 7.62. The van der Waals surface area contributed by atoms with Crippen molar-refractivity contribution in [1.29, 1.82) is 0 Å². The van der Waals surface area contributed by atoms with Crippen LogP contribution in [0.15, 0.2) is 42.5 Å². The van der Waals surface area contributed by atoms with E-state index in [9.17, 15) is 18.0 Å². The van der Waals surface area contributed by atoms with E-state index in [1.807, 2.05) is 0 Å². The van der Waals surface area contributed by atoms with Crippen molar-refractivity contribution in [2.24, 2.45) is 0 Å². The monoisotopic (exact) mass is 444 g/mol. The van der Waals surface area contributed by atoms with E-state index in [0.29, 0.717) is 42.1 Å². The molecule has 1 N–H and O–H groups in total. The predicted octanol–water partition coefficient (Wildman–Crippen LogP) is 3.74. The van der Waals surface area contributed by atoms with Crippen molar-refractivity contribution in [2.75, 3.05) is 25.0 Å². The van der Waals surface area contributed by atoms with E-state index in [1.54, 1.807) is 60.6 Å². The lowest BCUT2D eigenvalue weighted by Gasteiger charge is -2.25. The van der Waals surface area contributed by atoms with Gasteiger partial charge >= 0.3 is 5.97 Å². The van der Waals surface area contributed by atoms with Crippen molar-refractivity contribution in [2.45, 2.75) is 38.9 Å². The molecule has 1 heterocycles. The fraction of sp³-hybridized carbons (Fsp3) is 0.391. The molecule has 166 valence electrons. The maximum Gasteiger partial charge on any atom is 0.338 e. The lowest BCUT2D eigenvalue weighted by Crippen LogP contribution is -2.36. The molecular formula is C23H28N2O5S. The zero-order valence-corrected chi connectivity index (χ0v) is 18.7. The number of rotatable bonds is 7. The normalized spacial score (nSPS) is 14.8. The molecule has 0 saturated carbocycles. The van der Waals surface area contributed by atoms with Gasteiger partial charge in [-0.25, -0.2) is 17.5 Å². The molecule has 0 atom stereocenters. The molecule has 8 heteroatoms. The molecule has 1 aliphatic heterocycles. The van der Waals surface area contributed by atoms with Crippen molar-refractivity contribution in [1.82, 2.24) is 4.31 Å². The first-order valence-corrected chi connectivity index (χ1v) is 12.1. The molecule has 2 aromatic carbocycles. The molecule has 3 rings (SSSR count). The number of anilines is 1. The Labute approximate surface area is 183 Å². The Morgan fingerprint density at radius 2 is 1.65 bits per heavy atom. The summed E-state index contributed by atoms with van der Waals surface area (Å²) in [6.07, 6.45) is 2.87. The fourth-order valence-electron chi connectivity index (χ4n) is 3.54. The first kappa shape index (κ1) is 23.0. The van der Waals surface area contributed by atoms with Crippen LogP contribution in [-0.4, -0.2) is 44.3 Å². The molecule has 1 saturated heterocycles. The van der Waals surface area contributed by atoms with E-state index >= 15 is 0 Å². The Bertz CT molecular complexity index is 1040. The molecule has 0 bridgehead atoms. The average Bonchev–Trinajstić information content (AvgIpc) is 2.76. The van der Waals surface area contributed by atoms with E-state index in [0.717, 1.165) is 24.8 Å². The summed E-state index contributed by atoms with van der Waals surface area (Å²) in [5.74, 6) is -0.778. The molecule has 2 aromatic rings. The van der Waals surface area contributed by atoms with E-state index in [2.05, 4.69) is 5.32 Å². The standard InChI is InChI=1S/C23H28N2O5S/c1-3-30-23(27)20-11-12-21(17(2)15-20)24-22(26)19-9-7-18(8-10-19)16-31(28,29)25-13-5-4-6-14-25/h7-12,15H,3-6,13-14,16H2,1-2H3,(H,24,26). The van der Waals surface area contributed by atoms with Gasteiger partial charge in [0, 0.05) is 24.3 Å². The number of carbonyl (C=O) groups excluding carboxylic acids is 2. The first-order valence-electron chi connectivity index (χ1n) is 10.5. The van der Waals surface area contributed by atoms with Crippen molar-refractivity contribution in [3.05, 3.63) is 64.7 Å². The van der Waals surface area contributed by atoms with Crippen molar-refractivity contribution in [3.8, 4) is 0 Å². The molecule has 31 heavy (non-hydrogen) atoms. The summed E-state index contributed by atoms with van der Waals surface area (Å²) < 4.78 is 31.7.